The lowest BCUT2D eigenvalue weighted by Gasteiger charge is -2.34. The fourth-order valence-corrected chi connectivity index (χ4v) is 1.90. The van der Waals surface area contributed by atoms with Crippen LogP contribution in [0.5, 0.6) is 0 Å². The molecule has 4 atom stereocenters. The summed E-state index contributed by atoms with van der Waals surface area (Å²) in [7, 11) is 0. The van der Waals surface area contributed by atoms with Crippen LogP contribution in [0, 0.1) is 11.8 Å². The lowest BCUT2D eigenvalue weighted by molar-refractivity contribution is 0.0420. The molecule has 12 heavy (non-hydrogen) atoms. The van der Waals surface area contributed by atoms with Crippen molar-refractivity contribution in [3.8, 4) is 0 Å². The van der Waals surface area contributed by atoms with Crippen LogP contribution in [0.25, 0.3) is 0 Å². The largest absolute Gasteiger partial charge is 0.391 e. The van der Waals surface area contributed by atoms with Crippen molar-refractivity contribution in [1.29, 1.82) is 0 Å². The first kappa shape index (κ1) is 11.9. The van der Waals surface area contributed by atoms with Crippen LogP contribution in [0.15, 0.2) is 0 Å². The lowest BCUT2D eigenvalue weighted by atomic mass is 9.79. The van der Waals surface area contributed by atoms with Crippen molar-refractivity contribution in [1.82, 2.24) is 0 Å². The van der Waals surface area contributed by atoms with Gasteiger partial charge in [-0.2, -0.15) is 0 Å². The smallest absolute Gasteiger partial charge is 0.0716 e. The number of nitrogens with two attached hydrogens (primary N) is 1. The first-order valence-corrected chi connectivity index (χ1v) is 5.05. The molecule has 0 heterocycles. The zero-order valence-corrected chi connectivity index (χ0v) is 8.75. The highest BCUT2D eigenvalue weighted by molar-refractivity contribution is 4.84. The van der Waals surface area contributed by atoms with Crippen LogP contribution in [-0.2, 0) is 0 Å². The van der Waals surface area contributed by atoms with E-state index in [1.165, 1.54) is 0 Å². The number of hydrogen-bond donors (Lipinski definition) is 2. The van der Waals surface area contributed by atoms with Gasteiger partial charge in [-0.05, 0) is 24.7 Å². The van der Waals surface area contributed by atoms with Gasteiger partial charge < -0.3 is 10.8 Å². The van der Waals surface area contributed by atoms with Crippen LogP contribution in [0.3, 0.4) is 0 Å². The summed E-state index contributed by atoms with van der Waals surface area (Å²) in [4.78, 5) is 0. The van der Waals surface area contributed by atoms with Crippen molar-refractivity contribution in [2.45, 2.75) is 52.7 Å². The highest BCUT2D eigenvalue weighted by atomic mass is 16.3. The molecular weight excluding hydrogens is 150 g/mol. The van der Waals surface area contributed by atoms with Gasteiger partial charge in [-0.15, -0.1) is 0 Å². The molecule has 1 aliphatic carbocycles. The third-order valence-electron chi connectivity index (χ3n) is 2.47. The predicted octanol–water partition coefficient (Wildman–Crippen LogP) is 1.77. The Kier molecular flexibility index (Phi) is 5.51. The van der Waals surface area contributed by atoms with E-state index in [0.717, 1.165) is 12.8 Å². The van der Waals surface area contributed by atoms with Gasteiger partial charge in [-0.3, -0.25) is 0 Å². The molecule has 0 radical (unpaired) electrons. The van der Waals surface area contributed by atoms with Gasteiger partial charge in [0.05, 0.1) is 6.10 Å². The van der Waals surface area contributed by atoms with E-state index < -0.39 is 0 Å². The van der Waals surface area contributed by atoms with Crippen LogP contribution >= 0.6 is 0 Å². The summed E-state index contributed by atoms with van der Waals surface area (Å²) in [5.74, 6) is 1.08. The van der Waals surface area contributed by atoms with E-state index in [1.54, 1.807) is 0 Å². The quantitative estimate of drug-likeness (QED) is 0.586. The van der Waals surface area contributed by atoms with E-state index in [1.807, 2.05) is 13.8 Å². The molecule has 0 aromatic carbocycles. The van der Waals surface area contributed by atoms with Crippen LogP contribution in [0.1, 0.15) is 40.5 Å². The van der Waals surface area contributed by atoms with Crippen molar-refractivity contribution in [3.63, 3.8) is 0 Å². The summed E-state index contributed by atoms with van der Waals surface area (Å²) in [6.07, 6.45) is 1.83. The van der Waals surface area contributed by atoms with Crippen LogP contribution in [-0.4, -0.2) is 17.3 Å². The highest BCUT2D eigenvalue weighted by Crippen LogP contribution is 2.27. The molecule has 2 heteroatoms. The summed E-state index contributed by atoms with van der Waals surface area (Å²) in [5.41, 5.74) is 5.71. The van der Waals surface area contributed by atoms with Gasteiger partial charge in [0.2, 0.25) is 0 Å². The first-order valence-electron chi connectivity index (χ1n) is 5.05. The van der Waals surface area contributed by atoms with Gasteiger partial charge in [0.15, 0.2) is 0 Å². The normalized spacial score (nSPS) is 41.5. The van der Waals surface area contributed by atoms with Crippen LogP contribution in [0.2, 0.25) is 0 Å². The molecule has 0 aliphatic heterocycles. The van der Waals surface area contributed by atoms with E-state index in [9.17, 15) is 5.11 Å². The highest BCUT2D eigenvalue weighted by Gasteiger charge is 2.29. The summed E-state index contributed by atoms with van der Waals surface area (Å²) in [5, 5.41) is 9.44. The van der Waals surface area contributed by atoms with Crippen LogP contribution in [0.4, 0.5) is 0 Å². The van der Waals surface area contributed by atoms with Gasteiger partial charge in [-0.25, -0.2) is 0 Å². The predicted molar refractivity (Wildman–Crippen MR) is 52.9 cm³/mol. The topological polar surface area (TPSA) is 46.2 Å². The fourth-order valence-electron chi connectivity index (χ4n) is 1.90. The van der Waals surface area contributed by atoms with E-state index in [2.05, 4.69) is 13.8 Å². The average molecular weight is 173 g/mol. The minimum Gasteiger partial charge on any atom is -0.391 e. The van der Waals surface area contributed by atoms with Gasteiger partial charge in [0, 0.05) is 6.04 Å². The van der Waals surface area contributed by atoms with E-state index >= 15 is 0 Å². The molecule has 3 N–H and O–H groups in total. The zero-order valence-electron chi connectivity index (χ0n) is 8.75. The minimum atomic E-state index is -0.267. The van der Waals surface area contributed by atoms with Gasteiger partial charge in [0.25, 0.3) is 0 Å². The summed E-state index contributed by atoms with van der Waals surface area (Å²) in [6, 6.07) is 0.0127. The molecular formula is C10H23NO. The summed E-state index contributed by atoms with van der Waals surface area (Å²) >= 11 is 0. The minimum absolute atomic E-state index is 0.0127. The van der Waals surface area contributed by atoms with Gasteiger partial charge in [-0.1, -0.05) is 27.7 Å². The monoisotopic (exact) mass is 173 g/mol. The fraction of sp³-hybridized carbons (Fsp3) is 1.00. The molecule has 1 aliphatic rings. The van der Waals surface area contributed by atoms with Crippen molar-refractivity contribution in [3.05, 3.63) is 0 Å². The number of aliphatic hydroxyl groups excluding tert-OH is 1. The Balaban J connectivity index is 0.000000561. The molecule has 0 bridgehead atoms. The third-order valence-corrected chi connectivity index (χ3v) is 2.47. The maximum atomic E-state index is 9.44. The second-order valence-electron chi connectivity index (χ2n) is 3.71. The van der Waals surface area contributed by atoms with E-state index in [4.69, 9.17) is 5.73 Å². The Hall–Kier alpha value is -0.0800. The van der Waals surface area contributed by atoms with Crippen molar-refractivity contribution in [2.24, 2.45) is 17.6 Å². The zero-order chi connectivity index (χ0) is 9.72. The molecule has 0 unspecified atom stereocenters. The Bertz CT molecular complexity index is 104. The van der Waals surface area contributed by atoms with Crippen molar-refractivity contribution in [2.75, 3.05) is 0 Å². The molecule has 0 spiro atoms. The second kappa shape index (κ2) is 5.55. The van der Waals surface area contributed by atoms with Crippen molar-refractivity contribution >= 4 is 0 Å². The second-order valence-corrected chi connectivity index (χ2v) is 3.71. The van der Waals surface area contributed by atoms with E-state index in [0.29, 0.717) is 11.8 Å². The molecule has 0 amide bonds. The Morgan fingerprint density at radius 3 is 2.08 bits per heavy atom. The third kappa shape index (κ3) is 3.11. The molecule has 74 valence electrons. The number of aliphatic hydroxyl groups is 1. The Morgan fingerprint density at radius 2 is 1.67 bits per heavy atom. The number of hydrogen-bond acceptors (Lipinski definition) is 2. The van der Waals surface area contributed by atoms with Gasteiger partial charge >= 0.3 is 0 Å². The van der Waals surface area contributed by atoms with E-state index in [-0.39, 0.29) is 12.1 Å². The molecule has 0 aromatic heterocycles. The standard InChI is InChI=1S/C8H17NO.C2H6/c1-5-3-6(2)8(10)7(9)4-5;1-2/h5-8,10H,3-4,9H2,1-2H3;1-2H3/t5-,6-,7+,8+;/m0./s1. The average Bonchev–Trinajstić information content (AvgIpc) is 2.04. The molecule has 1 fully saturated rings. The SMILES string of the molecule is CC.C[C@@H]1C[C@@H](N)[C@H](O)[C@@H](C)C1. The van der Waals surface area contributed by atoms with Gasteiger partial charge in [0.1, 0.15) is 0 Å². The lowest BCUT2D eigenvalue weighted by Crippen LogP contribution is -2.44. The molecule has 0 aromatic rings. The Morgan fingerprint density at radius 1 is 1.17 bits per heavy atom. The molecule has 0 saturated heterocycles. The molecule has 1 rings (SSSR count). The van der Waals surface area contributed by atoms with Crippen molar-refractivity contribution < 1.29 is 5.11 Å². The Labute approximate surface area is 76.2 Å². The summed E-state index contributed by atoms with van der Waals surface area (Å²) < 4.78 is 0. The summed E-state index contributed by atoms with van der Waals surface area (Å²) in [6.45, 7) is 8.27. The molecule has 2 nitrogen and oxygen atoms in total. The maximum Gasteiger partial charge on any atom is 0.0716 e. The molecule has 1 saturated carbocycles. The first-order chi connectivity index (χ1) is 5.61. The van der Waals surface area contributed by atoms with Crippen LogP contribution < -0.4 is 5.73 Å². The number of rotatable bonds is 0. The maximum absolute atomic E-state index is 9.44.